The van der Waals surface area contributed by atoms with Crippen molar-refractivity contribution in [2.45, 2.75) is 13.3 Å². The fourth-order valence-electron chi connectivity index (χ4n) is 0.714. The number of halogens is 2. The maximum atomic E-state index is 2.16. The molecular formula is C8H12Br2. The van der Waals surface area contributed by atoms with Gasteiger partial charge in [-0.15, -0.1) is 34.0 Å². The van der Waals surface area contributed by atoms with E-state index in [0.717, 1.165) is 6.42 Å². The molecule has 0 fully saturated rings. The van der Waals surface area contributed by atoms with Crippen LogP contribution in [0.15, 0.2) is 30.3 Å². The normalized spacial score (nSPS) is 7.30. The molecular weight excluding hydrogens is 256 g/mol. The van der Waals surface area contributed by atoms with E-state index in [0.29, 0.717) is 0 Å². The highest BCUT2D eigenvalue weighted by molar-refractivity contribution is 8.93. The molecule has 0 saturated heterocycles. The third kappa shape index (κ3) is 4.07. The monoisotopic (exact) mass is 266 g/mol. The molecule has 0 nitrogen and oxygen atoms in total. The van der Waals surface area contributed by atoms with Crippen molar-refractivity contribution in [3.63, 3.8) is 0 Å². The molecule has 1 aromatic carbocycles. The molecule has 58 valence electrons. The molecule has 0 aliphatic rings. The van der Waals surface area contributed by atoms with Gasteiger partial charge in [0.2, 0.25) is 0 Å². The molecule has 0 aromatic heterocycles. The van der Waals surface area contributed by atoms with Crippen molar-refractivity contribution in [2.75, 3.05) is 0 Å². The van der Waals surface area contributed by atoms with E-state index in [1.807, 2.05) is 6.07 Å². The maximum Gasteiger partial charge on any atom is -0.0307 e. The first-order valence-corrected chi connectivity index (χ1v) is 2.97. The van der Waals surface area contributed by atoms with Crippen molar-refractivity contribution in [3.8, 4) is 0 Å². The smallest absolute Gasteiger partial charge is 0.0307 e. The largest absolute Gasteiger partial charge is 0.114 e. The first-order valence-electron chi connectivity index (χ1n) is 2.97. The van der Waals surface area contributed by atoms with Gasteiger partial charge in [0.15, 0.2) is 0 Å². The van der Waals surface area contributed by atoms with Crippen molar-refractivity contribution in [1.29, 1.82) is 0 Å². The minimum atomic E-state index is 0. The van der Waals surface area contributed by atoms with E-state index in [-0.39, 0.29) is 34.0 Å². The summed E-state index contributed by atoms with van der Waals surface area (Å²) in [5.74, 6) is 0. The summed E-state index contributed by atoms with van der Waals surface area (Å²) in [4.78, 5) is 0. The minimum Gasteiger partial charge on any atom is -0.114 e. The lowest BCUT2D eigenvalue weighted by Crippen LogP contribution is -1.73. The molecule has 0 spiro atoms. The van der Waals surface area contributed by atoms with Gasteiger partial charge in [-0.2, -0.15) is 0 Å². The van der Waals surface area contributed by atoms with Crippen molar-refractivity contribution >= 4 is 34.0 Å². The van der Waals surface area contributed by atoms with Crippen LogP contribution in [0.4, 0.5) is 0 Å². The maximum absolute atomic E-state index is 2.16. The Labute approximate surface area is 83.2 Å². The summed E-state index contributed by atoms with van der Waals surface area (Å²) < 4.78 is 0. The van der Waals surface area contributed by atoms with Gasteiger partial charge in [0.1, 0.15) is 0 Å². The summed E-state index contributed by atoms with van der Waals surface area (Å²) in [6.07, 6.45) is 1.14. The van der Waals surface area contributed by atoms with Gasteiger partial charge in [-0.25, -0.2) is 0 Å². The zero-order valence-electron chi connectivity index (χ0n) is 5.91. The lowest BCUT2D eigenvalue weighted by molar-refractivity contribution is 1.14. The number of hydrogen-bond acceptors (Lipinski definition) is 0. The van der Waals surface area contributed by atoms with Crippen LogP contribution in [0.3, 0.4) is 0 Å². The van der Waals surface area contributed by atoms with Crippen LogP contribution < -0.4 is 0 Å². The molecule has 0 N–H and O–H groups in total. The van der Waals surface area contributed by atoms with Crippen LogP contribution >= 0.6 is 34.0 Å². The Hall–Kier alpha value is 0.180. The van der Waals surface area contributed by atoms with Gasteiger partial charge in [0, 0.05) is 0 Å². The Bertz CT molecular complexity index is 149. The van der Waals surface area contributed by atoms with E-state index >= 15 is 0 Å². The zero-order chi connectivity index (χ0) is 5.82. The van der Waals surface area contributed by atoms with Crippen LogP contribution in [0.5, 0.6) is 0 Å². The third-order valence-corrected chi connectivity index (χ3v) is 1.25. The first-order chi connectivity index (χ1) is 3.93. The van der Waals surface area contributed by atoms with Gasteiger partial charge >= 0.3 is 0 Å². The quantitative estimate of drug-likeness (QED) is 0.732. The van der Waals surface area contributed by atoms with Crippen LogP contribution in [0, 0.1) is 0 Å². The highest BCUT2D eigenvalue weighted by atomic mass is 79.9. The number of hydrogen-bond donors (Lipinski definition) is 0. The Kier molecular flexibility index (Phi) is 9.35. The molecule has 0 bridgehead atoms. The van der Waals surface area contributed by atoms with E-state index in [2.05, 4.69) is 31.2 Å². The van der Waals surface area contributed by atoms with Gasteiger partial charge < -0.3 is 0 Å². The van der Waals surface area contributed by atoms with Gasteiger partial charge in [-0.3, -0.25) is 0 Å². The van der Waals surface area contributed by atoms with E-state index in [9.17, 15) is 0 Å². The number of rotatable bonds is 1. The lowest BCUT2D eigenvalue weighted by Gasteiger charge is -1.89. The Morgan fingerprint density at radius 1 is 1.00 bits per heavy atom. The molecule has 0 saturated carbocycles. The SMILES string of the molecule is Br.Br.CCc1ccccc1. The summed E-state index contributed by atoms with van der Waals surface area (Å²) in [5, 5.41) is 0. The second-order valence-corrected chi connectivity index (χ2v) is 1.84. The van der Waals surface area contributed by atoms with Gasteiger partial charge in [-0.05, 0) is 12.0 Å². The van der Waals surface area contributed by atoms with Gasteiger partial charge in [0.25, 0.3) is 0 Å². The highest BCUT2D eigenvalue weighted by Gasteiger charge is 1.79. The summed E-state index contributed by atoms with van der Waals surface area (Å²) in [6, 6.07) is 10.5. The van der Waals surface area contributed by atoms with Crippen molar-refractivity contribution < 1.29 is 0 Å². The number of benzene rings is 1. The fraction of sp³-hybridized carbons (Fsp3) is 0.250. The van der Waals surface area contributed by atoms with Gasteiger partial charge in [0.05, 0.1) is 0 Å². The Balaban J connectivity index is 0. The van der Waals surface area contributed by atoms with Crippen LogP contribution in [0.25, 0.3) is 0 Å². The first kappa shape index (κ1) is 12.8. The predicted molar refractivity (Wildman–Crippen MR) is 56.5 cm³/mol. The molecule has 0 unspecified atom stereocenters. The Morgan fingerprint density at radius 3 is 1.80 bits per heavy atom. The number of aryl methyl sites for hydroxylation is 1. The molecule has 10 heavy (non-hydrogen) atoms. The van der Waals surface area contributed by atoms with Crippen LogP contribution in [-0.2, 0) is 6.42 Å². The standard InChI is InChI=1S/C8H10.2BrH/c1-2-8-6-4-3-5-7-8;;/h3-7H,2H2,1H3;2*1H. The highest BCUT2D eigenvalue weighted by Crippen LogP contribution is 1.96. The van der Waals surface area contributed by atoms with E-state index in [1.165, 1.54) is 5.56 Å². The van der Waals surface area contributed by atoms with Crippen LogP contribution in [0.1, 0.15) is 12.5 Å². The molecule has 0 radical (unpaired) electrons. The Morgan fingerprint density at radius 2 is 1.50 bits per heavy atom. The van der Waals surface area contributed by atoms with E-state index < -0.39 is 0 Å². The van der Waals surface area contributed by atoms with Gasteiger partial charge in [-0.1, -0.05) is 37.3 Å². The molecule has 1 aromatic rings. The summed E-state index contributed by atoms with van der Waals surface area (Å²) in [7, 11) is 0. The van der Waals surface area contributed by atoms with Crippen molar-refractivity contribution in [3.05, 3.63) is 35.9 Å². The summed E-state index contributed by atoms with van der Waals surface area (Å²) in [5.41, 5.74) is 1.41. The third-order valence-electron chi connectivity index (χ3n) is 1.25. The average molecular weight is 268 g/mol. The minimum absolute atomic E-state index is 0. The topological polar surface area (TPSA) is 0 Å². The molecule has 0 aliphatic heterocycles. The lowest BCUT2D eigenvalue weighted by atomic mass is 10.2. The van der Waals surface area contributed by atoms with Crippen LogP contribution in [-0.4, -0.2) is 0 Å². The average Bonchev–Trinajstić information content (AvgIpc) is 1.90. The molecule has 0 atom stereocenters. The fourth-order valence-corrected chi connectivity index (χ4v) is 0.714. The zero-order valence-corrected chi connectivity index (χ0v) is 9.34. The second-order valence-electron chi connectivity index (χ2n) is 1.84. The van der Waals surface area contributed by atoms with E-state index in [4.69, 9.17) is 0 Å². The molecule has 0 heterocycles. The van der Waals surface area contributed by atoms with Crippen molar-refractivity contribution in [2.24, 2.45) is 0 Å². The molecule has 0 aliphatic carbocycles. The molecule has 2 heteroatoms. The molecule has 0 amide bonds. The summed E-state index contributed by atoms with van der Waals surface area (Å²) in [6.45, 7) is 2.16. The van der Waals surface area contributed by atoms with Crippen LogP contribution in [0.2, 0.25) is 0 Å². The predicted octanol–water partition coefficient (Wildman–Crippen LogP) is 3.40. The second kappa shape index (κ2) is 7.29. The van der Waals surface area contributed by atoms with Crippen molar-refractivity contribution in [1.82, 2.24) is 0 Å². The summed E-state index contributed by atoms with van der Waals surface area (Å²) >= 11 is 0. The molecule has 1 rings (SSSR count). The van der Waals surface area contributed by atoms with E-state index in [1.54, 1.807) is 0 Å².